The Morgan fingerprint density at radius 1 is 1.28 bits per heavy atom. The van der Waals surface area contributed by atoms with Gasteiger partial charge in [0.1, 0.15) is 12.1 Å². The molecule has 9 nitrogen and oxygen atoms in total. The SMILES string of the molecule is COc1cc(-n2cnnn2)ccc1NC(=O)C1CC2(CNc3ccccc32)CN1. The average Bonchev–Trinajstić information content (AvgIpc) is 3.50. The molecule has 2 aliphatic heterocycles. The van der Waals surface area contributed by atoms with Gasteiger partial charge in [-0.05, 0) is 40.6 Å². The molecular formula is C20H21N7O2. The number of nitrogens with zero attached hydrogens (tertiary/aromatic N) is 4. The third-order valence-electron chi connectivity index (χ3n) is 5.77. The first-order valence-corrected chi connectivity index (χ1v) is 9.48. The lowest BCUT2D eigenvalue weighted by atomic mass is 9.80. The molecule has 29 heavy (non-hydrogen) atoms. The lowest BCUT2D eigenvalue weighted by Gasteiger charge is -2.22. The first-order valence-electron chi connectivity index (χ1n) is 9.48. The summed E-state index contributed by atoms with van der Waals surface area (Å²) < 4.78 is 6.99. The number of fused-ring (bicyclic) bond motifs is 2. The van der Waals surface area contributed by atoms with E-state index in [-0.39, 0.29) is 17.4 Å². The second-order valence-electron chi connectivity index (χ2n) is 7.45. The number of amides is 1. The lowest BCUT2D eigenvalue weighted by Crippen LogP contribution is -2.35. The standard InChI is InChI=1S/C20H21N7O2/c1-29-18-8-13(27-12-23-25-26-27)6-7-16(18)24-19(28)17-9-20(11-22-17)10-21-15-5-3-2-4-14(15)20/h2-8,12,17,21-22H,9-11H2,1H3,(H,24,28). The van der Waals surface area contributed by atoms with E-state index in [0.717, 1.165) is 30.9 Å². The number of aromatic nitrogens is 4. The third kappa shape index (κ3) is 2.99. The molecule has 0 aliphatic carbocycles. The van der Waals surface area contributed by atoms with Gasteiger partial charge in [0.25, 0.3) is 0 Å². The number of methoxy groups -OCH3 is 1. The number of nitrogens with one attached hydrogen (secondary N) is 3. The van der Waals surface area contributed by atoms with Crippen LogP contribution in [0, 0.1) is 0 Å². The van der Waals surface area contributed by atoms with Gasteiger partial charge in [0, 0.05) is 30.3 Å². The summed E-state index contributed by atoms with van der Waals surface area (Å²) in [7, 11) is 1.57. The number of hydrogen-bond donors (Lipinski definition) is 3. The summed E-state index contributed by atoms with van der Waals surface area (Å²) in [5.74, 6) is 0.478. The van der Waals surface area contributed by atoms with Gasteiger partial charge >= 0.3 is 0 Å². The van der Waals surface area contributed by atoms with Crippen molar-refractivity contribution in [1.82, 2.24) is 25.5 Å². The summed E-state index contributed by atoms with van der Waals surface area (Å²) in [5.41, 5.74) is 3.76. The van der Waals surface area contributed by atoms with Gasteiger partial charge in [-0.15, -0.1) is 5.10 Å². The zero-order valence-corrected chi connectivity index (χ0v) is 15.9. The van der Waals surface area contributed by atoms with Crippen LogP contribution in [-0.2, 0) is 10.2 Å². The fourth-order valence-electron chi connectivity index (χ4n) is 4.26. The van der Waals surface area contributed by atoms with Gasteiger partial charge in [-0.3, -0.25) is 4.79 Å². The molecule has 0 radical (unpaired) electrons. The number of tetrazole rings is 1. The van der Waals surface area contributed by atoms with Gasteiger partial charge in [0.15, 0.2) is 0 Å². The van der Waals surface area contributed by atoms with Crippen molar-refractivity contribution in [3.05, 3.63) is 54.4 Å². The molecule has 3 heterocycles. The molecule has 0 saturated carbocycles. The Labute approximate surface area is 167 Å². The van der Waals surface area contributed by atoms with Crippen LogP contribution in [-0.4, -0.2) is 52.4 Å². The molecule has 1 spiro atoms. The second kappa shape index (κ2) is 6.85. The summed E-state index contributed by atoms with van der Waals surface area (Å²) in [6, 6.07) is 13.5. The summed E-state index contributed by atoms with van der Waals surface area (Å²) in [4.78, 5) is 13.0. The Balaban J connectivity index is 1.33. The Morgan fingerprint density at radius 2 is 2.17 bits per heavy atom. The lowest BCUT2D eigenvalue weighted by molar-refractivity contribution is -0.117. The van der Waals surface area contributed by atoms with E-state index in [4.69, 9.17) is 4.74 Å². The zero-order chi connectivity index (χ0) is 19.8. The van der Waals surface area contributed by atoms with Gasteiger partial charge in [-0.25, -0.2) is 4.68 Å². The summed E-state index contributed by atoms with van der Waals surface area (Å²) in [6.45, 7) is 1.61. The van der Waals surface area contributed by atoms with E-state index >= 15 is 0 Å². The number of anilines is 2. The maximum absolute atomic E-state index is 13.0. The molecule has 3 N–H and O–H groups in total. The molecule has 1 saturated heterocycles. The Kier molecular flexibility index (Phi) is 4.17. The minimum Gasteiger partial charge on any atom is -0.494 e. The van der Waals surface area contributed by atoms with Crippen LogP contribution in [0.15, 0.2) is 48.8 Å². The van der Waals surface area contributed by atoms with E-state index in [1.54, 1.807) is 19.2 Å². The number of hydrogen-bond acceptors (Lipinski definition) is 7. The van der Waals surface area contributed by atoms with E-state index < -0.39 is 0 Å². The molecule has 1 fully saturated rings. The van der Waals surface area contributed by atoms with Gasteiger partial charge in [-0.1, -0.05) is 18.2 Å². The highest BCUT2D eigenvalue weighted by atomic mass is 16.5. The van der Waals surface area contributed by atoms with Crippen LogP contribution in [0.1, 0.15) is 12.0 Å². The van der Waals surface area contributed by atoms with Crippen LogP contribution >= 0.6 is 0 Å². The van der Waals surface area contributed by atoms with Crippen molar-refractivity contribution >= 4 is 17.3 Å². The summed E-state index contributed by atoms with van der Waals surface area (Å²) in [6.07, 6.45) is 2.25. The minimum atomic E-state index is -0.271. The van der Waals surface area contributed by atoms with Crippen molar-refractivity contribution in [2.45, 2.75) is 17.9 Å². The highest BCUT2D eigenvalue weighted by molar-refractivity contribution is 5.96. The zero-order valence-electron chi connectivity index (χ0n) is 15.9. The monoisotopic (exact) mass is 391 g/mol. The summed E-state index contributed by atoms with van der Waals surface area (Å²) in [5, 5.41) is 21.0. The Morgan fingerprint density at radius 3 is 3.00 bits per heavy atom. The number of ether oxygens (including phenoxy) is 1. The molecule has 2 aliphatic rings. The molecule has 0 bridgehead atoms. The molecular weight excluding hydrogens is 370 g/mol. The number of benzene rings is 2. The van der Waals surface area contributed by atoms with Crippen molar-refractivity contribution < 1.29 is 9.53 Å². The highest BCUT2D eigenvalue weighted by Crippen LogP contribution is 2.42. The molecule has 3 aromatic rings. The van der Waals surface area contributed by atoms with Crippen LogP contribution in [0.25, 0.3) is 5.69 Å². The van der Waals surface area contributed by atoms with Crippen LogP contribution in [0.3, 0.4) is 0 Å². The first-order chi connectivity index (χ1) is 14.2. The molecule has 148 valence electrons. The maximum Gasteiger partial charge on any atom is 0.241 e. The molecule has 2 unspecified atom stereocenters. The quantitative estimate of drug-likeness (QED) is 0.616. The van der Waals surface area contributed by atoms with Crippen LogP contribution in [0.5, 0.6) is 5.75 Å². The number of rotatable bonds is 4. The van der Waals surface area contributed by atoms with E-state index in [1.807, 2.05) is 12.1 Å². The maximum atomic E-state index is 13.0. The largest absolute Gasteiger partial charge is 0.494 e. The molecule has 9 heteroatoms. The summed E-state index contributed by atoms with van der Waals surface area (Å²) >= 11 is 0. The molecule has 1 amide bonds. The Hall–Kier alpha value is -3.46. The van der Waals surface area contributed by atoms with Crippen LogP contribution in [0.2, 0.25) is 0 Å². The number of para-hydroxylation sites is 1. The highest BCUT2D eigenvalue weighted by Gasteiger charge is 2.46. The normalized spacial score (nSPS) is 22.3. The van der Waals surface area contributed by atoms with Gasteiger partial charge < -0.3 is 20.7 Å². The molecule has 1 aromatic heterocycles. The predicted molar refractivity (Wildman–Crippen MR) is 107 cm³/mol. The minimum absolute atomic E-state index is 0.0490. The van der Waals surface area contributed by atoms with Crippen molar-refractivity contribution in [3.8, 4) is 11.4 Å². The van der Waals surface area contributed by atoms with E-state index in [2.05, 4.69) is 49.7 Å². The number of carbonyl (C=O) groups is 1. The third-order valence-corrected chi connectivity index (χ3v) is 5.77. The van der Waals surface area contributed by atoms with Gasteiger partial charge in [0.2, 0.25) is 5.91 Å². The van der Waals surface area contributed by atoms with Crippen molar-refractivity contribution in [1.29, 1.82) is 0 Å². The van der Waals surface area contributed by atoms with E-state index in [1.165, 1.54) is 16.6 Å². The second-order valence-corrected chi connectivity index (χ2v) is 7.45. The van der Waals surface area contributed by atoms with Gasteiger partial charge in [0.05, 0.1) is 24.5 Å². The smallest absolute Gasteiger partial charge is 0.241 e. The topological polar surface area (TPSA) is 106 Å². The van der Waals surface area contributed by atoms with E-state index in [0.29, 0.717) is 11.4 Å². The predicted octanol–water partition coefficient (Wildman–Crippen LogP) is 1.33. The molecule has 2 atom stereocenters. The fourth-order valence-corrected chi connectivity index (χ4v) is 4.26. The number of carbonyl (C=O) groups excluding carboxylic acids is 1. The van der Waals surface area contributed by atoms with Crippen molar-refractivity contribution in [2.75, 3.05) is 30.8 Å². The molecule has 5 rings (SSSR count). The van der Waals surface area contributed by atoms with Crippen molar-refractivity contribution in [2.24, 2.45) is 0 Å². The van der Waals surface area contributed by atoms with Crippen molar-refractivity contribution in [3.63, 3.8) is 0 Å². The van der Waals surface area contributed by atoms with Gasteiger partial charge in [-0.2, -0.15) is 0 Å². The van der Waals surface area contributed by atoms with Crippen LogP contribution in [0.4, 0.5) is 11.4 Å². The Bertz CT molecular complexity index is 1050. The fraction of sp³-hybridized carbons (Fsp3) is 0.300. The average molecular weight is 391 g/mol. The van der Waals surface area contributed by atoms with Crippen LogP contribution < -0.4 is 20.7 Å². The van der Waals surface area contributed by atoms with E-state index in [9.17, 15) is 4.79 Å². The first kappa shape index (κ1) is 17.6. The molecule has 2 aromatic carbocycles.